The number of halogens is 3. The van der Waals surface area contributed by atoms with Gasteiger partial charge in [0.15, 0.2) is 0 Å². The van der Waals surface area contributed by atoms with E-state index in [2.05, 4.69) is 22.0 Å². The van der Waals surface area contributed by atoms with Crippen LogP contribution in [-0.4, -0.2) is 59.7 Å². The number of nitro groups is 1. The zero-order valence-corrected chi connectivity index (χ0v) is 20.3. The molecule has 0 spiro atoms. The first-order valence-electron chi connectivity index (χ1n) is 12.5. The number of ether oxygens (including phenoxy) is 1. The summed E-state index contributed by atoms with van der Waals surface area (Å²) >= 11 is 0. The third-order valence-electron chi connectivity index (χ3n) is 6.78. The molecular formula is C25H32F3N5O3. The molecule has 11 heteroatoms. The number of nitrogens with zero attached hydrogens (tertiary/aromatic N) is 4. The monoisotopic (exact) mass is 507 g/mol. The Balaban J connectivity index is 1.30. The van der Waals surface area contributed by atoms with Crippen LogP contribution < -0.4 is 15.0 Å². The van der Waals surface area contributed by atoms with Crippen molar-refractivity contribution in [3.63, 3.8) is 0 Å². The van der Waals surface area contributed by atoms with Gasteiger partial charge in [0.25, 0.3) is 5.69 Å². The molecule has 0 unspecified atom stereocenters. The van der Waals surface area contributed by atoms with Gasteiger partial charge in [0, 0.05) is 50.0 Å². The molecule has 0 atom stereocenters. The van der Waals surface area contributed by atoms with Crippen LogP contribution in [0.2, 0.25) is 0 Å². The maximum Gasteiger partial charge on any atom is 0.423 e. The highest BCUT2D eigenvalue weighted by Gasteiger charge is 2.38. The number of aromatic nitrogens is 1. The fourth-order valence-electron chi connectivity index (χ4n) is 4.91. The summed E-state index contributed by atoms with van der Waals surface area (Å²) < 4.78 is 45.9. The van der Waals surface area contributed by atoms with E-state index in [0.717, 1.165) is 69.9 Å². The minimum absolute atomic E-state index is 0.0187. The topological polar surface area (TPSA) is 83.8 Å². The first-order chi connectivity index (χ1) is 17.2. The number of pyridine rings is 1. The highest BCUT2D eigenvalue weighted by molar-refractivity contribution is 5.55. The maximum absolute atomic E-state index is 13.3. The first-order valence-corrected chi connectivity index (χ1v) is 12.5. The zero-order valence-electron chi connectivity index (χ0n) is 20.3. The van der Waals surface area contributed by atoms with Crippen LogP contribution in [0.5, 0.6) is 5.88 Å². The second kappa shape index (κ2) is 11.3. The van der Waals surface area contributed by atoms with Crippen LogP contribution in [0.4, 0.5) is 30.4 Å². The minimum Gasteiger partial charge on any atom is -0.474 e. The zero-order chi connectivity index (χ0) is 25.7. The van der Waals surface area contributed by atoms with Gasteiger partial charge in [0.1, 0.15) is 17.5 Å². The van der Waals surface area contributed by atoms with Gasteiger partial charge in [-0.25, -0.2) is 0 Å². The van der Waals surface area contributed by atoms with E-state index in [1.807, 2.05) is 18.2 Å². The van der Waals surface area contributed by atoms with E-state index < -0.39 is 22.4 Å². The van der Waals surface area contributed by atoms with Gasteiger partial charge in [-0.3, -0.25) is 15.0 Å². The van der Waals surface area contributed by atoms with Crippen LogP contribution in [-0.2, 0) is 6.18 Å². The molecule has 1 aromatic heterocycles. The van der Waals surface area contributed by atoms with Gasteiger partial charge >= 0.3 is 6.18 Å². The number of nitro benzene ring substituents is 1. The summed E-state index contributed by atoms with van der Waals surface area (Å²) in [5, 5.41) is 14.1. The van der Waals surface area contributed by atoms with E-state index in [0.29, 0.717) is 18.7 Å². The Morgan fingerprint density at radius 1 is 1.11 bits per heavy atom. The van der Waals surface area contributed by atoms with E-state index in [4.69, 9.17) is 9.72 Å². The summed E-state index contributed by atoms with van der Waals surface area (Å²) in [6.07, 6.45) is -0.770. The Morgan fingerprint density at radius 2 is 1.83 bits per heavy atom. The van der Waals surface area contributed by atoms with Gasteiger partial charge in [-0.15, -0.1) is 0 Å². The summed E-state index contributed by atoms with van der Waals surface area (Å²) in [4.78, 5) is 19.4. The Labute approximate surface area is 208 Å². The maximum atomic E-state index is 13.3. The van der Waals surface area contributed by atoms with Crippen molar-refractivity contribution in [2.75, 3.05) is 42.9 Å². The Morgan fingerprint density at radius 3 is 2.47 bits per heavy atom. The number of benzene rings is 1. The summed E-state index contributed by atoms with van der Waals surface area (Å²) in [5.41, 5.74) is -1.96. The molecule has 1 aliphatic heterocycles. The number of anilines is 2. The minimum atomic E-state index is -4.80. The van der Waals surface area contributed by atoms with Crippen LogP contribution in [0, 0.1) is 10.1 Å². The van der Waals surface area contributed by atoms with E-state index >= 15 is 0 Å². The third-order valence-corrected chi connectivity index (χ3v) is 6.78. The second-order valence-electron chi connectivity index (χ2n) is 9.39. The average molecular weight is 508 g/mol. The molecule has 4 rings (SSSR count). The molecule has 0 radical (unpaired) electrons. The Kier molecular flexibility index (Phi) is 8.17. The molecule has 196 valence electrons. The van der Waals surface area contributed by atoms with E-state index in [9.17, 15) is 23.3 Å². The normalized spacial score (nSPS) is 21.3. The molecule has 1 aromatic carbocycles. The van der Waals surface area contributed by atoms with E-state index in [-0.39, 0.29) is 17.8 Å². The number of piperazine rings is 1. The number of nitrogens with one attached hydrogen (secondary N) is 1. The Bertz CT molecular complexity index is 1040. The molecular weight excluding hydrogens is 475 g/mol. The quantitative estimate of drug-likeness (QED) is 0.381. The van der Waals surface area contributed by atoms with Crippen LogP contribution in [0.1, 0.15) is 44.6 Å². The Hall–Kier alpha value is -3.08. The summed E-state index contributed by atoms with van der Waals surface area (Å²) in [6.45, 7) is 7.23. The lowest BCUT2D eigenvalue weighted by Crippen LogP contribution is -2.46. The highest BCUT2D eigenvalue weighted by Crippen LogP contribution is 2.38. The van der Waals surface area contributed by atoms with Crippen molar-refractivity contribution in [3.05, 3.63) is 52.1 Å². The standard InChI is InChI=1S/C25H32F3N5O3/c1-2-12-31-13-15-32(16-14-31)23-4-3-5-24(30-23)36-20-9-6-18(7-10-20)29-19-8-11-22(33(34)35)21(17-19)25(26,27)28/h3-5,8,11,17-18,20,29H,2,6-7,9-10,12-16H2,1H3/t18-,20-. The van der Waals surface area contributed by atoms with Gasteiger partial charge in [0.05, 0.1) is 4.92 Å². The van der Waals surface area contributed by atoms with Crippen molar-refractivity contribution in [2.24, 2.45) is 0 Å². The lowest BCUT2D eigenvalue weighted by Gasteiger charge is -2.35. The first kappa shape index (κ1) is 26.0. The molecule has 2 aromatic rings. The SMILES string of the molecule is CCCN1CCN(c2cccc(O[C@H]3CC[C@H](Nc4ccc([N+](=O)[O-])c(C(F)(F)F)c4)CC3)n2)CC1. The molecule has 2 aliphatic rings. The van der Waals surface area contributed by atoms with Gasteiger partial charge in [-0.2, -0.15) is 18.2 Å². The van der Waals surface area contributed by atoms with Crippen molar-refractivity contribution < 1.29 is 22.8 Å². The fraction of sp³-hybridized carbons (Fsp3) is 0.560. The fourth-order valence-corrected chi connectivity index (χ4v) is 4.91. The molecule has 2 heterocycles. The van der Waals surface area contributed by atoms with Crippen LogP contribution in [0.25, 0.3) is 0 Å². The van der Waals surface area contributed by atoms with Gasteiger partial charge in [-0.05, 0) is 56.8 Å². The lowest BCUT2D eigenvalue weighted by molar-refractivity contribution is -0.388. The second-order valence-corrected chi connectivity index (χ2v) is 9.39. The molecule has 8 nitrogen and oxygen atoms in total. The van der Waals surface area contributed by atoms with Crippen molar-refractivity contribution >= 4 is 17.2 Å². The largest absolute Gasteiger partial charge is 0.474 e. The van der Waals surface area contributed by atoms with Crippen LogP contribution in [0.3, 0.4) is 0 Å². The predicted octanol–water partition coefficient (Wildman–Crippen LogP) is 5.34. The predicted molar refractivity (Wildman–Crippen MR) is 132 cm³/mol. The molecule has 1 saturated carbocycles. The van der Waals surface area contributed by atoms with E-state index in [1.54, 1.807) is 0 Å². The lowest BCUT2D eigenvalue weighted by atomic mass is 9.92. The van der Waals surface area contributed by atoms with Crippen LogP contribution in [0.15, 0.2) is 36.4 Å². The molecule has 2 fully saturated rings. The van der Waals surface area contributed by atoms with Gasteiger partial charge in [-0.1, -0.05) is 13.0 Å². The molecule has 0 bridgehead atoms. The van der Waals surface area contributed by atoms with Crippen molar-refractivity contribution in [3.8, 4) is 5.88 Å². The average Bonchev–Trinajstić information content (AvgIpc) is 2.85. The molecule has 0 amide bonds. The number of alkyl halides is 3. The van der Waals surface area contributed by atoms with Gasteiger partial charge in [0.2, 0.25) is 5.88 Å². The number of hydrogen-bond donors (Lipinski definition) is 1. The summed E-state index contributed by atoms with van der Waals surface area (Å²) in [6, 6.07) is 8.83. The highest BCUT2D eigenvalue weighted by atomic mass is 19.4. The number of rotatable bonds is 8. The van der Waals surface area contributed by atoms with Crippen molar-refractivity contribution in [2.45, 2.75) is 57.3 Å². The van der Waals surface area contributed by atoms with E-state index in [1.165, 1.54) is 6.07 Å². The van der Waals surface area contributed by atoms with Crippen molar-refractivity contribution in [1.82, 2.24) is 9.88 Å². The summed E-state index contributed by atoms with van der Waals surface area (Å²) in [5.74, 6) is 1.50. The third kappa shape index (κ3) is 6.57. The molecule has 1 N–H and O–H groups in total. The number of hydrogen-bond acceptors (Lipinski definition) is 7. The molecule has 1 saturated heterocycles. The van der Waals surface area contributed by atoms with Gasteiger partial charge < -0.3 is 15.0 Å². The van der Waals surface area contributed by atoms with Crippen molar-refractivity contribution in [1.29, 1.82) is 0 Å². The van der Waals surface area contributed by atoms with Crippen LogP contribution >= 0.6 is 0 Å². The molecule has 36 heavy (non-hydrogen) atoms. The summed E-state index contributed by atoms with van der Waals surface area (Å²) in [7, 11) is 0. The smallest absolute Gasteiger partial charge is 0.423 e. The molecule has 1 aliphatic carbocycles.